The van der Waals surface area contributed by atoms with Crippen molar-refractivity contribution < 1.29 is 13.9 Å². The van der Waals surface area contributed by atoms with Crippen molar-refractivity contribution in [1.82, 2.24) is 14.9 Å². The Labute approximate surface area is 197 Å². The second-order valence-electron chi connectivity index (χ2n) is 8.43. The lowest BCUT2D eigenvalue weighted by Gasteiger charge is -2.35. The minimum atomic E-state index is -0.615. The van der Waals surface area contributed by atoms with Gasteiger partial charge in [-0.3, -0.25) is 4.79 Å². The highest BCUT2D eigenvalue weighted by Gasteiger charge is 2.23. The third-order valence-electron chi connectivity index (χ3n) is 5.89. The highest BCUT2D eigenvalue weighted by atomic mass is 35.5. The number of fused-ring (bicyclic) bond motifs is 1. The molecule has 174 valence electrons. The summed E-state index contributed by atoms with van der Waals surface area (Å²) >= 11 is 5.73. The number of aromatic nitrogens is 2. The summed E-state index contributed by atoms with van der Waals surface area (Å²) in [4.78, 5) is 26.3. The fraction of sp³-hybridized carbons (Fsp3) is 0.375. The molecule has 0 radical (unpaired) electrons. The van der Waals surface area contributed by atoms with Crippen LogP contribution >= 0.6 is 11.6 Å². The lowest BCUT2D eigenvalue weighted by atomic mass is 10.0. The standard InChI is InChI=1S/C24H27ClFN5O2/c1-15-19-13-17(28-23(32)14-33-22-7-4-16(25)12-20(22)26)5-6-21(19)29-24(27-15)31-10-8-18(9-11-31)30(2)3/h4-7,12-13,18H,8-11,14H2,1-3H3,(H,28,32). The van der Waals surface area contributed by atoms with Crippen molar-refractivity contribution in [1.29, 1.82) is 0 Å². The first-order chi connectivity index (χ1) is 15.8. The number of nitrogens with one attached hydrogen (secondary N) is 1. The van der Waals surface area contributed by atoms with Crippen LogP contribution in [0.25, 0.3) is 10.9 Å². The van der Waals surface area contributed by atoms with E-state index in [1.165, 1.54) is 12.1 Å². The fourth-order valence-electron chi connectivity index (χ4n) is 4.00. The zero-order valence-electron chi connectivity index (χ0n) is 18.9. The molecule has 33 heavy (non-hydrogen) atoms. The molecular formula is C24H27ClFN5O2. The Balaban J connectivity index is 1.42. The number of halogens is 2. The Morgan fingerprint density at radius 3 is 2.67 bits per heavy atom. The van der Waals surface area contributed by atoms with E-state index >= 15 is 0 Å². The molecule has 3 aromatic rings. The summed E-state index contributed by atoms with van der Waals surface area (Å²) in [5, 5.41) is 3.90. The molecule has 0 unspecified atom stereocenters. The smallest absolute Gasteiger partial charge is 0.262 e. The van der Waals surface area contributed by atoms with E-state index in [1.807, 2.05) is 19.1 Å². The average molecular weight is 472 g/mol. The number of ether oxygens (including phenoxy) is 1. The molecule has 2 heterocycles. The number of hydrogen-bond donors (Lipinski definition) is 1. The Morgan fingerprint density at radius 1 is 1.21 bits per heavy atom. The SMILES string of the molecule is Cc1nc(N2CCC(N(C)C)CC2)nc2ccc(NC(=O)COc3ccc(Cl)cc3F)cc12. The van der Waals surface area contributed by atoms with Crippen molar-refractivity contribution >= 4 is 40.0 Å². The van der Waals surface area contributed by atoms with Crippen molar-refractivity contribution in [3.63, 3.8) is 0 Å². The molecule has 1 aromatic heterocycles. The van der Waals surface area contributed by atoms with Crippen LogP contribution in [0, 0.1) is 12.7 Å². The second-order valence-corrected chi connectivity index (χ2v) is 8.87. The predicted molar refractivity (Wildman–Crippen MR) is 129 cm³/mol. The fourth-order valence-corrected chi connectivity index (χ4v) is 4.16. The minimum absolute atomic E-state index is 0.0283. The van der Waals surface area contributed by atoms with Crippen LogP contribution in [0.5, 0.6) is 5.75 Å². The molecule has 1 amide bonds. The summed E-state index contributed by atoms with van der Waals surface area (Å²) < 4.78 is 19.1. The number of benzene rings is 2. The first-order valence-electron chi connectivity index (χ1n) is 10.9. The van der Waals surface area contributed by atoms with Gasteiger partial charge in [-0.2, -0.15) is 0 Å². The van der Waals surface area contributed by atoms with Crippen LogP contribution < -0.4 is 15.0 Å². The molecule has 2 aromatic carbocycles. The molecule has 1 N–H and O–H groups in total. The van der Waals surface area contributed by atoms with Gasteiger partial charge in [0.2, 0.25) is 5.95 Å². The number of carbonyl (C=O) groups excluding carboxylic acids is 1. The van der Waals surface area contributed by atoms with Crippen molar-refractivity contribution in [2.24, 2.45) is 0 Å². The third kappa shape index (κ3) is 5.51. The zero-order chi connectivity index (χ0) is 23.5. The maximum absolute atomic E-state index is 13.8. The summed E-state index contributed by atoms with van der Waals surface area (Å²) in [6.07, 6.45) is 2.17. The maximum Gasteiger partial charge on any atom is 0.262 e. The number of hydrogen-bond acceptors (Lipinski definition) is 6. The van der Waals surface area contributed by atoms with E-state index in [2.05, 4.69) is 29.2 Å². The summed E-state index contributed by atoms with van der Waals surface area (Å²) in [5.74, 6) is -0.301. The van der Waals surface area contributed by atoms with E-state index in [9.17, 15) is 9.18 Å². The second kappa shape index (κ2) is 9.89. The highest BCUT2D eigenvalue weighted by Crippen LogP contribution is 2.25. The van der Waals surface area contributed by atoms with Crippen LogP contribution in [-0.4, -0.2) is 60.6 Å². The normalized spacial score (nSPS) is 14.7. The zero-order valence-corrected chi connectivity index (χ0v) is 19.7. The number of carbonyl (C=O) groups is 1. The number of anilines is 2. The van der Waals surface area contributed by atoms with Gasteiger partial charge in [-0.1, -0.05) is 11.6 Å². The van der Waals surface area contributed by atoms with Crippen LogP contribution in [0.15, 0.2) is 36.4 Å². The van der Waals surface area contributed by atoms with Gasteiger partial charge in [0.25, 0.3) is 5.91 Å². The summed E-state index contributed by atoms with van der Waals surface area (Å²) in [6, 6.07) is 10.1. The first kappa shape index (κ1) is 23.2. The summed E-state index contributed by atoms with van der Waals surface area (Å²) in [5.41, 5.74) is 2.27. The molecule has 1 fully saturated rings. The van der Waals surface area contributed by atoms with E-state index in [4.69, 9.17) is 26.3 Å². The summed E-state index contributed by atoms with van der Waals surface area (Å²) in [7, 11) is 4.24. The molecule has 9 heteroatoms. The van der Waals surface area contributed by atoms with E-state index < -0.39 is 11.7 Å². The predicted octanol–water partition coefficient (Wildman–Crippen LogP) is 4.28. The van der Waals surface area contributed by atoms with Gasteiger partial charge < -0.3 is 19.9 Å². The molecule has 1 aliphatic heterocycles. The largest absolute Gasteiger partial charge is 0.481 e. The molecule has 1 aliphatic rings. The average Bonchev–Trinajstić information content (AvgIpc) is 2.79. The lowest BCUT2D eigenvalue weighted by molar-refractivity contribution is -0.118. The van der Waals surface area contributed by atoms with Crippen molar-refractivity contribution in [2.45, 2.75) is 25.8 Å². The highest BCUT2D eigenvalue weighted by molar-refractivity contribution is 6.30. The Bertz CT molecular complexity index is 1170. The van der Waals surface area contributed by atoms with Gasteiger partial charge >= 0.3 is 0 Å². The molecule has 0 spiro atoms. The van der Waals surface area contributed by atoms with Gasteiger partial charge in [0, 0.05) is 35.2 Å². The quantitative estimate of drug-likeness (QED) is 0.578. The molecule has 0 saturated carbocycles. The van der Waals surface area contributed by atoms with Crippen LogP contribution in [-0.2, 0) is 4.79 Å². The first-order valence-corrected chi connectivity index (χ1v) is 11.3. The maximum atomic E-state index is 13.8. The van der Waals surface area contributed by atoms with E-state index in [0.717, 1.165) is 54.5 Å². The van der Waals surface area contributed by atoms with Crippen LogP contribution in [0.1, 0.15) is 18.5 Å². The molecule has 7 nitrogen and oxygen atoms in total. The van der Waals surface area contributed by atoms with E-state index in [1.54, 1.807) is 6.07 Å². The van der Waals surface area contributed by atoms with Gasteiger partial charge in [0.1, 0.15) is 0 Å². The molecule has 0 aliphatic carbocycles. The molecule has 0 atom stereocenters. The van der Waals surface area contributed by atoms with Gasteiger partial charge in [-0.15, -0.1) is 0 Å². The van der Waals surface area contributed by atoms with Gasteiger partial charge in [-0.05, 0) is 70.3 Å². The molecule has 0 bridgehead atoms. The number of aryl methyl sites for hydroxylation is 1. The Morgan fingerprint density at radius 2 is 1.97 bits per heavy atom. The minimum Gasteiger partial charge on any atom is -0.481 e. The Kier molecular flexibility index (Phi) is 6.95. The van der Waals surface area contributed by atoms with E-state index in [-0.39, 0.29) is 17.4 Å². The van der Waals surface area contributed by atoms with Crippen molar-refractivity contribution in [2.75, 3.05) is 44.0 Å². The number of amides is 1. The monoisotopic (exact) mass is 471 g/mol. The molecule has 1 saturated heterocycles. The van der Waals surface area contributed by atoms with Crippen LogP contribution in [0.3, 0.4) is 0 Å². The third-order valence-corrected chi connectivity index (χ3v) is 6.12. The number of nitrogens with zero attached hydrogens (tertiary/aromatic N) is 4. The number of piperidine rings is 1. The summed E-state index contributed by atoms with van der Waals surface area (Å²) in [6.45, 7) is 3.47. The van der Waals surface area contributed by atoms with Crippen molar-refractivity contribution in [3.05, 3.63) is 52.9 Å². The van der Waals surface area contributed by atoms with Gasteiger partial charge in [0.15, 0.2) is 18.2 Å². The van der Waals surface area contributed by atoms with Gasteiger partial charge in [0.05, 0.1) is 11.2 Å². The molecular weight excluding hydrogens is 445 g/mol. The van der Waals surface area contributed by atoms with Crippen LogP contribution in [0.4, 0.5) is 16.0 Å². The van der Waals surface area contributed by atoms with Crippen molar-refractivity contribution in [3.8, 4) is 5.75 Å². The lowest BCUT2D eigenvalue weighted by Crippen LogP contribution is -2.42. The topological polar surface area (TPSA) is 70.6 Å². The van der Waals surface area contributed by atoms with Gasteiger partial charge in [-0.25, -0.2) is 14.4 Å². The Hall–Kier alpha value is -2.97. The number of rotatable bonds is 6. The van der Waals surface area contributed by atoms with E-state index in [0.29, 0.717) is 11.7 Å². The molecule has 4 rings (SSSR count). The van der Waals surface area contributed by atoms with Crippen LogP contribution in [0.2, 0.25) is 5.02 Å².